The number of hydrogen-bond donors (Lipinski definition) is 2. The van der Waals surface area contributed by atoms with E-state index in [1.165, 1.54) is 6.92 Å². The summed E-state index contributed by atoms with van der Waals surface area (Å²) in [5, 5.41) is 11.9. The molecule has 1 saturated carbocycles. The van der Waals surface area contributed by atoms with E-state index in [9.17, 15) is 13.6 Å². The summed E-state index contributed by atoms with van der Waals surface area (Å²) in [7, 11) is 0. The van der Waals surface area contributed by atoms with Crippen LogP contribution in [0.1, 0.15) is 31.2 Å². The molecule has 1 aliphatic rings. The van der Waals surface area contributed by atoms with Crippen LogP contribution in [0.3, 0.4) is 0 Å². The van der Waals surface area contributed by atoms with Gasteiger partial charge in [-0.2, -0.15) is 0 Å². The van der Waals surface area contributed by atoms with E-state index < -0.39 is 23.5 Å². The Kier molecular flexibility index (Phi) is 4.02. The molecule has 104 valence electrons. The predicted octanol–water partition coefficient (Wildman–Crippen LogP) is 3.33. The maximum absolute atomic E-state index is 13.7. The number of aliphatic carboxylic acids is 1. The van der Waals surface area contributed by atoms with Gasteiger partial charge in [0.05, 0.1) is 11.6 Å². The molecule has 1 aromatic carbocycles. The zero-order valence-electron chi connectivity index (χ0n) is 10.7. The summed E-state index contributed by atoms with van der Waals surface area (Å²) in [5.74, 6) is -2.18. The van der Waals surface area contributed by atoms with Crippen LogP contribution in [0.15, 0.2) is 12.1 Å². The van der Waals surface area contributed by atoms with Gasteiger partial charge in [0.2, 0.25) is 0 Å². The normalized spacial score (nSPS) is 23.1. The van der Waals surface area contributed by atoms with Gasteiger partial charge >= 0.3 is 5.97 Å². The Morgan fingerprint density at radius 2 is 2.05 bits per heavy atom. The predicted molar refractivity (Wildman–Crippen MR) is 68.1 cm³/mol. The van der Waals surface area contributed by atoms with E-state index in [-0.39, 0.29) is 17.3 Å². The molecule has 1 aromatic rings. The first-order valence-electron chi connectivity index (χ1n) is 6.42. The molecule has 2 unspecified atom stereocenters. The lowest BCUT2D eigenvalue weighted by Gasteiger charge is -2.28. The van der Waals surface area contributed by atoms with E-state index in [4.69, 9.17) is 5.11 Å². The molecule has 0 bridgehead atoms. The van der Waals surface area contributed by atoms with Crippen molar-refractivity contribution in [2.75, 3.05) is 5.32 Å². The molecule has 2 rings (SSSR count). The van der Waals surface area contributed by atoms with Gasteiger partial charge < -0.3 is 10.4 Å². The molecule has 0 heterocycles. The van der Waals surface area contributed by atoms with E-state index in [2.05, 4.69) is 5.32 Å². The Bertz CT molecular complexity index is 491. The van der Waals surface area contributed by atoms with E-state index >= 15 is 0 Å². The minimum absolute atomic E-state index is 0.110. The Morgan fingerprint density at radius 1 is 1.32 bits per heavy atom. The first-order valence-corrected chi connectivity index (χ1v) is 6.42. The third-order valence-electron chi connectivity index (χ3n) is 3.63. The summed E-state index contributed by atoms with van der Waals surface area (Å²) in [6.45, 7) is 1.50. The summed E-state index contributed by atoms with van der Waals surface area (Å²) in [5.41, 5.74) is 0.370. The number of anilines is 1. The highest BCUT2D eigenvalue weighted by Gasteiger charge is 2.27. The van der Waals surface area contributed by atoms with Crippen LogP contribution >= 0.6 is 0 Å². The van der Waals surface area contributed by atoms with Gasteiger partial charge in [-0.1, -0.05) is 6.42 Å². The van der Waals surface area contributed by atoms with Gasteiger partial charge in [0.15, 0.2) is 0 Å². The molecule has 19 heavy (non-hydrogen) atoms. The molecule has 2 atom stereocenters. The second-order valence-corrected chi connectivity index (χ2v) is 5.12. The average molecular weight is 269 g/mol. The molecule has 2 N–H and O–H groups in total. The monoisotopic (exact) mass is 269 g/mol. The summed E-state index contributed by atoms with van der Waals surface area (Å²) in [4.78, 5) is 11.0. The third kappa shape index (κ3) is 3.22. The number of carbonyl (C=O) groups is 1. The van der Waals surface area contributed by atoms with E-state index in [1.807, 2.05) is 0 Å². The maximum atomic E-state index is 13.7. The fourth-order valence-corrected chi connectivity index (χ4v) is 2.52. The van der Waals surface area contributed by atoms with Crippen molar-refractivity contribution >= 4 is 11.7 Å². The molecule has 0 aliphatic heterocycles. The largest absolute Gasteiger partial charge is 0.481 e. The first kappa shape index (κ1) is 13.8. The van der Waals surface area contributed by atoms with Crippen LogP contribution in [0.5, 0.6) is 0 Å². The average Bonchev–Trinajstić information content (AvgIpc) is 2.36. The van der Waals surface area contributed by atoms with Crippen molar-refractivity contribution < 1.29 is 18.7 Å². The topological polar surface area (TPSA) is 49.3 Å². The fraction of sp³-hybridized carbons (Fsp3) is 0.500. The lowest BCUT2D eigenvalue weighted by molar-refractivity contribution is -0.142. The lowest BCUT2D eigenvalue weighted by atomic mass is 9.85. The van der Waals surface area contributed by atoms with Gasteiger partial charge in [-0.25, -0.2) is 8.78 Å². The molecule has 0 spiro atoms. The standard InChI is InChI=1S/C14H17F2NO2/c1-8-5-12(16)13(7-11(8)15)17-10-4-2-3-9(6-10)14(18)19/h5,7,9-10,17H,2-4,6H2,1H3,(H,18,19). The van der Waals surface area contributed by atoms with Crippen molar-refractivity contribution in [3.8, 4) is 0 Å². The highest BCUT2D eigenvalue weighted by Crippen LogP contribution is 2.28. The van der Waals surface area contributed by atoms with Crippen LogP contribution in [0.25, 0.3) is 0 Å². The van der Waals surface area contributed by atoms with Gasteiger partial charge in [0, 0.05) is 12.1 Å². The minimum atomic E-state index is -0.818. The third-order valence-corrected chi connectivity index (χ3v) is 3.63. The van der Waals surface area contributed by atoms with Gasteiger partial charge in [-0.15, -0.1) is 0 Å². The van der Waals surface area contributed by atoms with E-state index in [0.29, 0.717) is 12.8 Å². The van der Waals surface area contributed by atoms with Crippen molar-refractivity contribution in [2.45, 2.75) is 38.6 Å². The van der Waals surface area contributed by atoms with Crippen molar-refractivity contribution in [3.63, 3.8) is 0 Å². The molecular formula is C14H17F2NO2. The Balaban J connectivity index is 2.08. The van der Waals surface area contributed by atoms with Crippen molar-refractivity contribution in [1.29, 1.82) is 0 Å². The summed E-state index contributed by atoms with van der Waals surface area (Å²) >= 11 is 0. The molecule has 1 aliphatic carbocycles. The van der Waals surface area contributed by atoms with Gasteiger partial charge in [0.25, 0.3) is 0 Å². The number of aryl methyl sites for hydroxylation is 1. The number of halogens is 2. The second-order valence-electron chi connectivity index (χ2n) is 5.12. The maximum Gasteiger partial charge on any atom is 0.306 e. The highest BCUT2D eigenvalue weighted by molar-refractivity contribution is 5.70. The number of rotatable bonds is 3. The number of hydrogen-bond acceptors (Lipinski definition) is 2. The van der Waals surface area contributed by atoms with Crippen LogP contribution in [-0.2, 0) is 4.79 Å². The molecule has 1 fully saturated rings. The molecule has 0 radical (unpaired) electrons. The Labute approximate surface area is 110 Å². The number of benzene rings is 1. The van der Waals surface area contributed by atoms with Crippen LogP contribution in [0, 0.1) is 24.5 Å². The van der Waals surface area contributed by atoms with Crippen LogP contribution in [-0.4, -0.2) is 17.1 Å². The zero-order valence-corrected chi connectivity index (χ0v) is 10.7. The quantitative estimate of drug-likeness (QED) is 0.885. The smallest absolute Gasteiger partial charge is 0.306 e. The molecular weight excluding hydrogens is 252 g/mol. The number of nitrogens with one attached hydrogen (secondary N) is 1. The van der Waals surface area contributed by atoms with E-state index in [1.54, 1.807) is 0 Å². The first-order chi connectivity index (χ1) is 8.97. The number of carboxylic acids is 1. The molecule has 0 amide bonds. The lowest BCUT2D eigenvalue weighted by Crippen LogP contribution is -2.31. The van der Waals surface area contributed by atoms with Gasteiger partial charge in [0.1, 0.15) is 11.6 Å². The molecule has 3 nitrogen and oxygen atoms in total. The van der Waals surface area contributed by atoms with Crippen molar-refractivity contribution in [2.24, 2.45) is 5.92 Å². The van der Waals surface area contributed by atoms with Crippen molar-refractivity contribution in [3.05, 3.63) is 29.3 Å². The van der Waals surface area contributed by atoms with Crippen LogP contribution in [0.4, 0.5) is 14.5 Å². The minimum Gasteiger partial charge on any atom is -0.481 e. The summed E-state index contributed by atoms with van der Waals surface area (Å²) in [6, 6.07) is 2.16. The van der Waals surface area contributed by atoms with Crippen molar-refractivity contribution in [1.82, 2.24) is 0 Å². The molecule has 5 heteroatoms. The Hall–Kier alpha value is -1.65. The van der Waals surface area contributed by atoms with Crippen LogP contribution in [0.2, 0.25) is 0 Å². The fourth-order valence-electron chi connectivity index (χ4n) is 2.52. The molecule has 0 saturated heterocycles. The molecule has 0 aromatic heterocycles. The van der Waals surface area contributed by atoms with Gasteiger partial charge in [-0.05, 0) is 37.8 Å². The Morgan fingerprint density at radius 3 is 2.74 bits per heavy atom. The summed E-state index contributed by atoms with van der Waals surface area (Å²) in [6.07, 6.45) is 2.66. The summed E-state index contributed by atoms with van der Waals surface area (Å²) < 4.78 is 27.1. The SMILES string of the molecule is Cc1cc(F)c(NC2CCCC(C(=O)O)C2)cc1F. The van der Waals surface area contributed by atoms with Gasteiger partial charge in [-0.3, -0.25) is 4.79 Å². The van der Waals surface area contributed by atoms with E-state index in [0.717, 1.165) is 25.0 Å². The van der Waals surface area contributed by atoms with Crippen LogP contribution < -0.4 is 5.32 Å². The second kappa shape index (κ2) is 5.55. The zero-order chi connectivity index (χ0) is 14.0. The number of carboxylic acid groups (broad SMARTS) is 1. The highest BCUT2D eigenvalue weighted by atomic mass is 19.1.